The van der Waals surface area contributed by atoms with E-state index in [1.165, 1.54) is 12.1 Å². The van der Waals surface area contributed by atoms with Gasteiger partial charge in [-0.2, -0.15) is 5.10 Å². The highest BCUT2D eigenvalue weighted by molar-refractivity contribution is 5.95. The van der Waals surface area contributed by atoms with Crippen molar-refractivity contribution < 1.29 is 18.7 Å². The van der Waals surface area contributed by atoms with Gasteiger partial charge in [0.2, 0.25) is 5.91 Å². The van der Waals surface area contributed by atoms with Gasteiger partial charge >= 0.3 is 0 Å². The fraction of sp³-hybridized carbons (Fsp3) is 0.333. The molecule has 1 amide bonds. The number of H-pyrrole nitrogens is 1. The molecule has 0 radical (unpaired) electrons. The van der Waals surface area contributed by atoms with Gasteiger partial charge < -0.3 is 19.7 Å². The third kappa shape index (κ3) is 4.31. The first-order chi connectivity index (χ1) is 15.5. The van der Waals surface area contributed by atoms with Crippen LogP contribution in [0.25, 0.3) is 11.1 Å². The Balaban J connectivity index is 1.36. The predicted molar refractivity (Wildman–Crippen MR) is 118 cm³/mol. The highest BCUT2D eigenvalue weighted by Crippen LogP contribution is 2.34. The average molecular weight is 436 g/mol. The van der Waals surface area contributed by atoms with Gasteiger partial charge in [0.25, 0.3) is 0 Å². The van der Waals surface area contributed by atoms with Crippen molar-refractivity contribution in [3.63, 3.8) is 0 Å². The van der Waals surface area contributed by atoms with Gasteiger partial charge in [-0.1, -0.05) is 6.07 Å². The van der Waals surface area contributed by atoms with E-state index in [2.05, 4.69) is 27.5 Å². The number of aromatic nitrogens is 2. The zero-order chi connectivity index (χ0) is 22.1. The molecule has 0 saturated carbocycles. The standard InChI is InChI=1S/C24H25FN4O3/c1-29-7-6-20(13-29)32-23-10-15(18-11-26-27-12-18)2-4-21(23)28-24(30)17-8-16-9-19(25)3-5-22(16)31-14-17/h2-5,9-12,17,20H,6-8,13-14H2,1H3,(H,26,27)(H,28,30). The highest BCUT2D eigenvalue weighted by Gasteiger charge is 2.28. The lowest BCUT2D eigenvalue weighted by atomic mass is 9.95. The van der Waals surface area contributed by atoms with Crippen LogP contribution in [0.1, 0.15) is 12.0 Å². The summed E-state index contributed by atoms with van der Waals surface area (Å²) in [6.45, 7) is 2.06. The summed E-state index contributed by atoms with van der Waals surface area (Å²) >= 11 is 0. The number of nitrogens with zero attached hydrogens (tertiary/aromatic N) is 2. The molecule has 5 rings (SSSR count). The van der Waals surface area contributed by atoms with Gasteiger partial charge in [-0.15, -0.1) is 0 Å². The van der Waals surface area contributed by atoms with Crippen LogP contribution in [-0.4, -0.2) is 53.9 Å². The van der Waals surface area contributed by atoms with Gasteiger partial charge in [-0.25, -0.2) is 4.39 Å². The normalized spacial score (nSPS) is 20.4. The van der Waals surface area contributed by atoms with Gasteiger partial charge in [0.1, 0.15) is 30.0 Å². The third-order valence-electron chi connectivity index (χ3n) is 6.01. The van der Waals surface area contributed by atoms with Crippen molar-refractivity contribution in [2.24, 2.45) is 5.92 Å². The van der Waals surface area contributed by atoms with Crippen LogP contribution in [0.15, 0.2) is 48.8 Å². The number of halogens is 1. The van der Waals surface area contributed by atoms with Crippen LogP contribution in [0.5, 0.6) is 11.5 Å². The topological polar surface area (TPSA) is 79.5 Å². The zero-order valence-corrected chi connectivity index (χ0v) is 17.8. The molecule has 166 valence electrons. The summed E-state index contributed by atoms with van der Waals surface area (Å²) in [4.78, 5) is 15.3. The fourth-order valence-electron chi connectivity index (χ4n) is 4.25. The van der Waals surface area contributed by atoms with Crippen molar-refractivity contribution in [1.82, 2.24) is 15.1 Å². The molecule has 1 fully saturated rings. The summed E-state index contributed by atoms with van der Waals surface area (Å²) in [5.74, 6) is 0.336. The molecular formula is C24H25FN4O3. The average Bonchev–Trinajstić information content (AvgIpc) is 3.46. The van der Waals surface area contributed by atoms with Crippen LogP contribution < -0.4 is 14.8 Å². The number of fused-ring (bicyclic) bond motifs is 1. The van der Waals surface area contributed by atoms with Crippen molar-refractivity contribution in [3.8, 4) is 22.6 Å². The molecule has 2 unspecified atom stereocenters. The van der Waals surface area contributed by atoms with Crippen molar-refractivity contribution in [2.45, 2.75) is 18.9 Å². The summed E-state index contributed by atoms with van der Waals surface area (Å²) < 4.78 is 25.6. The smallest absolute Gasteiger partial charge is 0.231 e. The number of likely N-dealkylation sites (tertiary alicyclic amines) is 1. The molecule has 32 heavy (non-hydrogen) atoms. The Kier molecular flexibility index (Phi) is 5.53. The highest BCUT2D eigenvalue weighted by atomic mass is 19.1. The van der Waals surface area contributed by atoms with E-state index < -0.39 is 5.92 Å². The SMILES string of the molecule is CN1CCC(Oc2cc(-c3cn[nH]c3)ccc2NC(=O)C2COc3ccc(F)cc3C2)C1. The minimum atomic E-state index is -0.414. The molecule has 2 aliphatic rings. The van der Waals surface area contributed by atoms with Crippen molar-refractivity contribution in [1.29, 1.82) is 0 Å². The lowest BCUT2D eigenvalue weighted by Gasteiger charge is -2.25. The maximum Gasteiger partial charge on any atom is 0.231 e. The van der Waals surface area contributed by atoms with Gasteiger partial charge in [0, 0.05) is 24.8 Å². The zero-order valence-electron chi connectivity index (χ0n) is 17.8. The van der Waals surface area contributed by atoms with Crippen LogP contribution in [0, 0.1) is 11.7 Å². The predicted octanol–water partition coefficient (Wildman–Crippen LogP) is 3.49. The third-order valence-corrected chi connectivity index (χ3v) is 6.01. The molecule has 2 N–H and O–H groups in total. The van der Waals surface area contributed by atoms with E-state index in [0.29, 0.717) is 29.2 Å². The van der Waals surface area contributed by atoms with Crippen molar-refractivity contribution in [3.05, 3.63) is 60.2 Å². The number of anilines is 1. The fourth-order valence-corrected chi connectivity index (χ4v) is 4.25. The first-order valence-electron chi connectivity index (χ1n) is 10.8. The Labute approximate surface area is 185 Å². The van der Waals surface area contributed by atoms with Crippen LogP contribution in [0.2, 0.25) is 0 Å². The number of aromatic amines is 1. The van der Waals surface area contributed by atoms with E-state index in [1.807, 2.05) is 24.4 Å². The van der Waals surface area contributed by atoms with E-state index in [9.17, 15) is 9.18 Å². The van der Waals surface area contributed by atoms with E-state index in [4.69, 9.17) is 9.47 Å². The molecule has 2 atom stereocenters. The number of hydrogen-bond donors (Lipinski definition) is 2. The summed E-state index contributed by atoms with van der Waals surface area (Å²) in [5.41, 5.74) is 3.21. The molecule has 0 aliphatic carbocycles. The number of hydrogen-bond acceptors (Lipinski definition) is 5. The van der Waals surface area contributed by atoms with Crippen LogP contribution in [-0.2, 0) is 11.2 Å². The van der Waals surface area contributed by atoms with Gasteiger partial charge in [0.15, 0.2) is 0 Å². The van der Waals surface area contributed by atoms with E-state index >= 15 is 0 Å². The Bertz CT molecular complexity index is 1120. The van der Waals surface area contributed by atoms with Gasteiger partial charge in [-0.05, 0) is 61.3 Å². The Morgan fingerprint density at radius 1 is 1.28 bits per heavy atom. The molecule has 2 aromatic carbocycles. The van der Waals surface area contributed by atoms with E-state index in [0.717, 1.165) is 30.6 Å². The van der Waals surface area contributed by atoms with Gasteiger partial charge in [-0.3, -0.25) is 9.89 Å². The number of benzene rings is 2. The maximum atomic E-state index is 13.6. The lowest BCUT2D eigenvalue weighted by Crippen LogP contribution is -2.33. The van der Waals surface area contributed by atoms with E-state index in [-0.39, 0.29) is 24.4 Å². The van der Waals surface area contributed by atoms with Crippen molar-refractivity contribution in [2.75, 3.05) is 32.1 Å². The van der Waals surface area contributed by atoms with E-state index in [1.54, 1.807) is 12.3 Å². The quantitative estimate of drug-likeness (QED) is 0.640. The second-order valence-corrected chi connectivity index (χ2v) is 8.44. The van der Waals surface area contributed by atoms with Crippen LogP contribution in [0.3, 0.4) is 0 Å². The molecular weight excluding hydrogens is 411 g/mol. The molecule has 7 nitrogen and oxygen atoms in total. The molecule has 2 aliphatic heterocycles. The number of carbonyl (C=O) groups excluding carboxylic acids is 1. The molecule has 0 bridgehead atoms. The summed E-state index contributed by atoms with van der Waals surface area (Å²) in [6.07, 6.45) is 4.98. The summed E-state index contributed by atoms with van der Waals surface area (Å²) in [6, 6.07) is 10.1. The number of ether oxygens (including phenoxy) is 2. The molecule has 3 aromatic rings. The minimum absolute atomic E-state index is 0.0584. The molecule has 1 aromatic heterocycles. The first-order valence-corrected chi connectivity index (χ1v) is 10.8. The summed E-state index contributed by atoms with van der Waals surface area (Å²) in [7, 11) is 2.07. The molecule has 3 heterocycles. The number of amides is 1. The number of carbonyl (C=O) groups is 1. The summed E-state index contributed by atoms with van der Waals surface area (Å²) in [5, 5.41) is 9.84. The number of rotatable bonds is 5. The second kappa shape index (κ2) is 8.63. The Hall–Kier alpha value is -3.39. The Morgan fingerprint density at radius 3 is 2.97 bits per heavy atom. The number of nitrogens with one attached hydrogen (secondary N) is 2. The van der Waals surface area contributed by atoms with Crippen LogP contribution in [0.4, 0.5) is 10.1 Å². The van der Waals surface area contributed by atoms with Gasteiger partial charge in [0.05, 0.1) is 17.8 Å². The first kappa shape index (κ1) is 20.5. The van der Waals surface area contributed by atoms with Crippen molar-refractivity contribution >= 4 is 11.6 Å². The second-order valence-electron chi connectivity index (χ2n) is 8.44. The molecule has 0 spiro atoms. The lowest BCUT2D eigenvalue weighted by molar-refractivity contribution is -0.121. The minimum Gasteiger partial charge on any atom is -0.492 e. The maximum absolute atomic E-state index is 13.6. The molecule has 8 heteroatoms. The number of likely N-dealkylation sites (N-methyl/N-ethyl adjacent to an activating group) is 1. The largest absolute Gasteiger partial charge is 0.492 e. The monoisotopic (exact) mass is 436 g/mol. The molecule has 1 saturated heterocycles. The Morgan fingerprint density at radius 2 is 2.19 bits per heavy atom. The van der Waals surface area contributed by atoms with Crippen LogP contribution >= 0.6 is 0 Å².